The van der Waals surface area contributed by atoms with Gasteiger partial charge in [-0.05, 0) is 55.0 Å². The number of hydrogen-bond acceptors (Lipinski definition) is 5. The molecule has 6 heteroatoms. The van der Waals surface area contributed by atoms with Crippen molar-refractivity contribution >= 4 is 17.4 Å². The quantitative estimate of drug-likeness (QED) is 0.899. The molecule has 1 saturated carbocycles. The Morgan fingerprint density at radius 1 is 1.19 bits per heavy atom. The van der Waals surface area contributed by atoms with Crippen LogP contribution in [0.4, 0.5) is 5.82 Å². The maximum atomic E-state index is 10.5. The zero-order valence-corrected chi connectivity index (χ0v) is 15.0. The SMILES string of the molecule is N#Cc1ccc(N2C[C@H]3C[C@@H](Oc4cccc(Cl)c4)[C@H](O)C[C@H]3C2)nc1. The molecule has 0 radical (unpaired) electrons. The highest BCUT2D eigenvalue weighted by molar-refractivity contribution is 6.30. The summed E-state index contributed by atoms with van der Waals surface area (Å²) in [7, 11) is 0. The van der Waals surface area contributed by atoms with E-state index < -0.39 is 6.10 Å². The van der Waals surface area contributed by atoms with Crippen molar-refractivity contribution in [2.45, 2.75) is 25.0 Å². The van der Waals surface area contributed by atoms with E-state index in [1.165, 1.54) is 0 Å². The van der Waals surface area contributed by atoms with E-state index >= 15 is 0 Å². The minimum Gasteiger partial charge on any atom is -0.488 e. The summed E-state index contributed by atoms with van der Waals surface area (Å²) in [5.74, 6) is 2.48. The van der Waals surface area contributed by atoms with Crippen LogP contribution in [0.3, 0.4) is 0 Å². The van der Waals surface area contributed by atoms with E-state index in [1.807, 2.05) is 18.2 Å². The average molecular weight is 370 g/mol. The largest absolute Gasteiger partial charge is 0.488 e. The number of aromatic nitrogens is 1. The van der Waals surface area contributed by atoms with Crippen molar-refractivity contribution < 1.29 is 9.84 Å². The Balaban J connectivity index is 1.43. The molecule has 1 N–H and O–H groups in total. The van der Waals surface area contributed by atoms with Gasteiger partial charge in [-0.2, -0.15) is 5.26 Å². The smallest absolute Gasteiger partial charge is 0.128 e. The third-order valence-electron chi connectivity index (χ3n) is 5.37. The first-order valence-electron chi connectivity index (χ1n) is 8.84. The van der Waals surface area contributed by atoms with Crippen LogP contribution in [0.15, 0.2) is 42.6 Å². The van der Waals surface area contributed by atoms with Gasteiger partial charge in [0.2, 0.25) is 0 Å². The summed E-state index contributed by atoms with van der Waals surface area (Å²) in [5.41, 5.74) is 0.566. The van der Waals surface area contributed by atoms with E-state index in [-0.39, 0.29) is 6.10 Å². The van der Waals surface area contributed by atoms with Gasteiger partial charge < -0.3 is 14.7 Å². The Morgan fingerprint density at radius 3 is 2.69 bits per heavy atom. The van der Waals surface area contributed by atoms with Gasteiger partial charge in [-0.15, -0.1) is 0 Å². The van der Waals surface area contributed by atoms with E-state index in [0.29, 0.717) is 28.2 Å². The van der Waals surface area contributed by atoms with E-state index in [1.54, 1.807) is 24.4 Å². The number of aliphatic hydroxyl groups is 1. The number of rotatable bonds is 3. The van der Waals surface area contributed by atoms with E-state index in [2.05, 4.69) is 16.0 Å². The Morgan fingerprint density at radius 2 is 2.00 bits per heavy atom. The lowest BCUT2D eigenvalue weighted by atomic mass is 9.78. The van der Waals surface area contributed by atoms with Crippen LogP contribution in [0.5, 0.6) is 5.75 Å². The van der Waals surface area contributed by atoms with Gasteiger partial charge in [0, 0.05) is 24.3 Å². The highest BCUT2D eigenvalue weighted by Crippen LogP contribution is 2.39. The molecule has 5 nitrogen and oxygen atoms in total. The Bertz CT molecular complexity index is 821. The first kappa shape index (κ1) is 17.1. The molecule has 1 aromatic heterocycles. The number of hydrogen-bond donors (Lipinski definition) is 1. The summed E-state index contributed by atoms with van der Waals surface area (Å²) in [6.45, 7) is 1.77. The van der Waals surface area contributed by atoms with Crippen molar-refractivity contribution in [2.24, 2.45) is 11.8 Å². The lowest BCUT2D eigenvalue weighted by Gasteiger charge is -2.35. The molecule has 2 aliphatic rings. The first-order chi connectivity index (χ1) is 12.6. The summed E-state index contributed by atoms with van der Waals surface area (Å²) in [4.78, 5) is 6.64. The van der Waals surface area contributed by atoms with Gasteiger partial charge in [-0.25, -0.2) is 4.98 Å². The fourth-order valence-electron chi connectivity index (χ4n) is 4.06. The molecule has 2 aromatic rings. The molecule has 1 aromatic carbocycles. The second-order valence-corrected chi connectivity index (χ2v) is 7.53. The monoisotopic (exact) mass is 369 g/mol. The van der Waals surface area contributed by atoms with Gasteiger partial charge in [0.25, 0.3) is 0 Å². The zero-order valence-electron chi connectivity index (χ0n) is 14.3. The Labute approximate surface area is 157 Å². The molecule has 1 saturated heterocycles. The molecule has 0 unspecified atom stereocenters. The topological polar surface area (TPSA) is 69.4 Å². The second kappa shape index (κ2) is 7.14. The Kier molecular flexibility index (Phi) is 4.71. The number of nitrogens with zero attached hydrogens (tertiary/aromatic N) is 3. The number of ether oxygens (including phenoxy) is 1. The second-order valence-electron chi connectivity index (χ2n) is 7.09. The van der Waals surface area contributed by atoms with Crippen LogP contribution in [-0.4, -0.2) is 35.4 Å². The molecule has 4 rings (SSSR count). The van der Waals surface area contributed by atoms with Crippen LogP contribution in [0, 0.1) is 23.2 Å². The number of anilines is 1. The molecule has 1 aliphatic carbocycles. The van der Waals surface area contributed by atoms with Crippen molar-refractivity contribution in [1.29, 1.82) is 5.26 Å². The van der Waals surface area contributed by atoms with Crippen molar-refractivity contribution in [3.05, 3.63) is 53.2 Å². The molecule has 134 valence electrons. The predicted molar refractivity (Wildman–Crippen MR) is 99.3 cm³/mol. The van der Waals surface area contributed by atoms with Crippen LogP contribution >= 0.6 is 11.6 Å². The van der Waals surface area contributed by atoms with Gasteiger partial charge in [-0.1, -0.05) is 17.7 Å². The molecular weight excluding hydrogens is 350 g/mol. The van der Waals surface area contributed by atoms with Crippen LogP contribution in [0.2, 0.25) is 5.02 Å². The molecule has 2 heterocycles. The van der Waals surface area contributed by atoms with Gasteiger partial charge >= 0.3 is 0 Å². The van der Waals surface area contributed by atoms with Crippen molar-refractivity contribution in [3.8, 4) is 11.8 Å². The average Bonchev–Trinajstić information content (AvgIpc) is 3.05. The lowest BCUT2D eigenvalue weighted by molar-refractivity contribution is -0.0231. The highest BCUT2D eigenvalue weighted by Gasteiger charge is 2.43. The molecule has 1 aliphatic heterocycles. The number of fused-ring (bicyclic) bond motifs is 1. The summed E-state index contributed by atoms with van der Waals surface area (Å²) in [6, 6.07) is 13.1. The number of nitriles is 1. The third kappa shape index (κ3) is 3.48. The van der Waals surface area contributed by atoms with Crippen LogP contribution < -0.4 is 9.64 Å². The number of aliphatic hydroxyl groups excluding tert-OH is 1. The third-order valence-corrected chi connectivity index (χ3v) is 5.60. The number of benzene rings is 1. The van der Waals surface area contributed by atoms with E-state index in [0.717, 1.165) is 31.7 Å². The Hall–Kier alpha value is -2.29. The first-order valence-corrected chi connectivity index (χ1v) is 9.21. The molecule has 4 atom stereocenters. The summed E-state index contributed by atoms with van der Waals surface area (Å²) >= 11 is 6.02. The normalized spacial score (nSPS) is 27.7. The maximum Gasteiger partial charge on any atom is 0.128 e. The van der Waals surface area contributed by atoms with Crippen molar-refractivity contribution in [3.63, 3.8) is 0 Å². The van der Waals surface area contributed by atoms with Crippen molar-refractivity contribution in [1.82, 2.24) is 4.98 Å². The molecule has 0 spiro atoms. The summed E-state index contributed by atoms with van der Waals surface area (Å²) in [6.07, 6.45) is 2.44. The van der Waals surface area contributed by atoms with Gasteiger partial charge in [-0.3, -0.25) is 0 Å². The number of pyridine rings is 1. The zero-order chi connectivity index (χ0) is 18.1. The minimum absolute atomic E-state index is 0.219. The molecule has 0 amide bonds. The molecule has 26 heavy (non-hydrogen) atoms. The maximum absolute atomic E-state index is 10.5. The summed E-state index contributed by atoms with van der Waals surface area (Å²) < 4.78 is 6.02. The van der Waals surface area contributed by atoms with E-state index in [4.69, 9.17) is 21.6 Å². The fraction of sp³-hybridized carbons (Fsp3) is 0.400. The fourth-order valence-corrected chi connectivity index (χ4v) is 4.24. The van der Waals surface area contributed by atoms with Crippen LogP contribution in [0.1, 0.15) is 18.4 Å². The van der Waals surface area contributed by atoms with Crippen molar-refractivity contribution in [2.75, 3.05) is 18.0 Å². The van der Waals surface area contributed by atoms with Crippen LogP contribution in [0.25, 0.3) is 0 Å². The van der Waals surface area contributed by atoms with Crippen LogP contribution in [-0.2, 0) is 0 Å². The predicted octanol–water partition coefficient (Wildman–Crippen LogP) is 3.26. The molecule has 2 fully saturated rings. The summed E-state index contributed by atoms with van der Waals surface area (Å²) in [5, 5.41) is 20.1. The van der Waals surface area contributed by atoms with E-state index in [9.17, 15) is 5.11 Å². The lowest BCUT2D eigenvalue weighted by Crippen LogP contribution is -2.42. The van der Waals surface area contributed by atoms with Gasteiger partial charge in [0.15, 0.2) is 0 Å². The molecule has 0 bridgehead atoms. The number of halogens is 1. The highest BCUT2D eigenvalue weighted by atomic mass is 35.5. The van der Waals surface area contributed by atoms with Gasteiger partial charge in [0.1, 0.15) is 23.7 Å². The standard InChI is InChI=1S/C20H20ClN3O2/c21-16-2-1-3-17(8-16)26-19-7-15-12-24(11-14(15)6-18(19)25)20-5-4-13(9-22)10-23-20/h1-5,8,10,14-15,18-19,25H,6-7,11-12H2/t14-,15+,18+,19+/m0/s1. The van der Waals surface area contributed by atoms with Gasteiger partial charge in [0.05, 0.1) is 11.7 Å². The molecular formula is C20H20ClN3O2. The minimum atomic E-state index is -0.482.